The Kier molecular flexibility index (Phi) is 6.46. The highest BCUT2D eigenvalue weighted by Crippen LogP contribution is 2.11. The zero-order chi connectivity index (χ0) is 11.8. The molecule has 0 saturated carbocycles. The molecule has 2 nitrogen and oxygen atoms in total. The first kappa shape index (κ1) is 13.5. The molecule has 1 N–H and O–H groups in total. The lowest BCUT2D eigenvalue weighted by Gasteiger charge is -2.21. The fraction of sp³-hybridized carbons (Fsp3) is 0.538. The van der Waals surface area contributed by atoms with E-state index in [0.29, 0.717) is 0 Å². The second-order valence-electron chi connectivity index (χ2n) is 4.01. The van der Waals surface area contributed by atoms with Crippen molar-refractivity contribution in [1.82, 2.24) is 10.2 Å². The van der Waals surface area contributed by atoms with Crippen LogP contribution in [-0.4, -0.2) is 31.6 Å². The number of benzene rings is 1. The van der Waals surface area contributed by atoms with Crippen LogP contribution in [0.25, 0.3) is 0 Å². The molecule has 0 radical (unpaired) electrons. The zero-order valence-electron chi connectivity index (χ0n) is 10.2. The zero-order valence-corrected chi connectivity index (χ0v) is 10.9. The molecule has 0 unspecified atom stereocenters. The van der Waals surface area contributed by atoms with Crippen LogP contribution < -0.4 is 5.32 Å². The van der Waals surface area contributed by atoms with Crippen LogP contribution in [0.2, 0.25) is 5.02 Å². The third kappa shape index (κ3) is 4.97. The van der Waals surface area contributed by atoms with Crippen molar-refractivity contribution >= 4 is 11.6 Å². The average molecular weight is 241 g/mol. The van der Waals surface area contributed by atoms with Crippen molar-refractivity contribution in [1.29, 1.82) is 0 Å². The Bertz CT molecular complexity index is 284. The molecule has 90 valence electrons. The van der Waals surface area contributed by atoms with Crippen molar-refractivity contribution < 1.29 is 0 Å². The number of hydrogen-bond donors (Lipinski definition) is 1. The SMILES string of the molecule is CCCN(CCNC)Cc1ccc(Cl)cc1. The van der Waals surface area contributed by atoms with Gasteiger partial charge in [-0.15, -0.1) is 0 Å². The van der Waals surface area contributed by atoms with Gasteiger partial charge < -0.3 is 5.32 Å². The second kappa shape index (κ2) is 7.66. The lowest BCUT2D eigenvalue weighted by atomic mass is 10.2. The number of nitrogens with one attached hydrogen (secondary N) is 1. The highest BCUT2D eigenvalue weighted by molar-refractivity contribution is 6.30. The third-order valence-corrected chi connectivity index (χ3v) is 2.79. The Hall–Kier alpha value is -0.570. The molecular weight excluding hydrogens is 220 g/mol. The molecule has 1 aromatic carbocycles. The molecule has 0 spiro atoms. The van der Waals surface area contributed by atoms with Gasteiger partial charge in [0.15, 0.2) is 0 Å². The largest absolute Gasteiger partial charge is 0.318 e. The van der Waals surface area contributed by atoms with E-state index in [1.807, 2.05) is 19.2 Å². The third-order valence-electron chi connectivity index (χ3n) is 2.54. The molecule has 16 heavy (non-hydrogen) atoms. The van der Waals surface area contributed by atoms with Gasteiger partial charge in [0.25, 0.3) is 0 Å². The molecule has 0 atom stereocenters. The smallest absolute Gasteiger partial charge is 0.0406 e. The van der Waals surface area contributed by atoms with Crippen molar-refractivity contribution in [3.05, 3.63) is 34.9 Å². The van der Waals surface area contributed by atoms with Crippen LogP contribution in [0, 0.1) is 0 Å². The van der Waals surface area contributed by atoms with E-state index in [1.54, 1.807) is 0 Å². The van der Waals surface area contributed by atoms with E-state index in [1.165, 1.54) is 12.0 Å². The highest BCUT2D eigenvalue weighted by atomic mass is 35.5. The quantitative estimate of drug-likeness (QED) is 0.789. The van der Waals surface area contributed by atoms with Gasteiger partial charge in [-0.3, -0.25) is 4.90 Å². The fourth-order valence-electron chi connectivity index (χ4n) is 1.70. The maximum Gasteiger partial charge on any atom is 0.0406 e. The molecule has 0 aliphatic carbocycles. The van der Waals surface area contributed by atoms with E-state index < -0.39 is 0 Å². The predicted molar refractivity (Wildman–Crippen MR) is 70.9 cm³/mol. The predicted octanol–water partition coefficient (Wildman–Crippen LogP) is 2.77. The summed E-state index contributed by atoms with van der Waals surface area (Å²) in [5.74, 6) is 0. The van der Waals surface area contributed by atoms with Crippen LogP contribution in [0.5, 0.6) is 0 Å². The van der Waals surface area contributed by atoms with Crippen molar-refractivity contribution in [3.8, 4) is 0 Å². The van der Waals surface area contributed by atoms with Crippen LogP contribution in [0.15, 0.2) is 24.3 Å². The van der Waals surface area contributed by atoms with E-state index in [2.05, 4.69) is 29.3 Å². The standard InChI is InChI=1S/C13H21ClN2/c1-3-9-16(10-8-15-2)11-12-4-6-13(14)7-5-12/h4-7,15H,3,8-11H2,1-2H3. The summed E-state index contributed by atoms with van der Waals surface area (Å²) in [6.45, 7) is 6.49. The van der Waals surface area contributed by atoms with Gasteiger partial charge in [-0.05, 0) is 37.7 Å². The van der Waals surface area contributed by atoms with E-state index in [-0.39, 0.29) is 0 Å². The Morgan fingerprint density at radius 2 is 1.88 bits per heavy atom. The van der Waals surface area contributed by atoms with Crippen molar-refractivity contribution in [2.45, 2.75) is 19.9 Å². The van der Waals surface area contributed by atoms with Crippen LogP contribution in [0.4, 0.5) is 0 Å². The van der Waals surface area contributed by atoms with Crippen molar-refractivity contribution in [2.75, 3.05) is 26.7 Å². The minimum Gasteiger partial charge on any atom is -0.318 e. The monoisotopic (exact) mass is 240 g/mol. The van der Waals surface area contributed by atoms with Gasteiger partial charge in [-0.25, -0.2) is 0 Å². The molecule has 0 aromatic heterocycles. The number of nitrogens with zero attached hydrogens (tertiary/aromatic N) is 1. The van der Waals surface area contributed by atoms with Gasteiger partial charge in [0.05, 0.1) is 0 Å². The first-order valence-corrected chi connectivity index (χ1v) is 6.25. The van der Waals surface area contributed by atoms with Crippen LogP contribution in [0.3, 0.4) is 0 Å². The van der Waals surface area contributed by atoms with E-state index in [9.17, 15) is 0 Å². The summed E-state index contributed by atoms with van der Waals surface area (Å²) in [5, 5.41) is 4.00. The van der Waals surface area contributed by atoms with Gasteiger partial charge in [-0.1, -0.05) is 30.7 Å². The summed E-state index contributed by atoms with van der Waals surface area (Å²) in [6, 6.07) is 8.12. The summed E-state index contributed by atoms with van der Waals surface area (Å²) in [5.41, 5.74) is 1.33. The molecule has 0 aliphatic rings. The Balaban J connectivity index is 2.49. The number of hydrogen-bond acceptors (Lipinski definition) is 2. The number of halogens is 1. The average Bonchev–Trinajstić information content (AvgIpc) is 2.29. The molecule has 0 amide bonds. The van der Waals surface area contributed by atoms with Gasteiger partial charge in [0.1, 0.15) is 0 Å². The van der Waals surface area contributed by atoms with Crippen molar-refractivity contribution in [2.24, 2.45) is 0 Å². The second-order valence-corrected chi connectivity index (χ2v) is 4.44. The van der Waals surface area contributed by atoms with Gasteiger partial charge in [0, 0.05) is 24.7 Å². The summed E-state index contributed by atoms with van der Waals surface area (Å²) in [7, 11) is 1.99. The van der Waals surface area contributed by atoms with Crippen LogP contribution in [-0.2, 0) is 6.54 Å². The minimum absolute atomic E-state index is 0.806. The fourth-order valence-corrected chi connectivity index (χ4v) is 1.83. The van der Waals surface area contributed by atoms with Crippen LogP contribution >= 0.6 is 11.6 Å². The number of rotatable bonds is 7. The summed E-state index contributed by atoms with van der Waals surface area (Å²) < 4.78 is 0. The van der Waals surface area contributed by atoms with Crippen molar-refractivity contribution in [3.63, 3.8) is 0 Å². The molecule has 1 aromatic rings. The Labute approximate surface area is 104 Å². The maximum atomic E-state index is 5.87. The molecule has 0 bridgehead atoms. The van der Waals surface area contributed by atoms with Gasteiger partial charge in [0.2, 0.25) is 0 Å². The summed E-state index contributed by atoms with van der Waals surface area (Å²) >= 11 is 5.87. The molecule has 0 aliphatic heterocycles. The normalized spacial score (nSPS) is 11.0. The molecule has 0 heterocycles. The lowest BCUT2D eigenvalue weighted by molar-refractivity contribution is 0.268. The number of likely N-dealkylation sites (N-methyl/N-ethyl adjacent to an activating group) is 1. The first-order valence-electron chi connectivity index (χ1n) is 5.87. The summed E-state index contributed by atoms with van der Waals surface area (Å²) in [6.07, 6.45) is 1.19. The highest BCUT2D eigenvalue weighted by Gasteiger charge is 2.04. The molecule has 3 heteroatoms. The summed E-state index contributed by atoms with van der Waals surface area (Å²) in [4.78, 5) is 2.46. The molecule has 0 fully saturated rings. The van der Waals surface area contributed by atoms with E-state index >= 15 is 0 Å². The van der Waals surface area contributed by atoms with Gasteiger partial charge in [-0.2, -0.15) is 0 Å². The molecule has 0 saturated heterocycles. The maximum absolute atomic E-state index is 5.87. The van der Waals surface area contributed by atoms with E-state index in [4.69, 9.17) is 11.6 Å². The molecule has 1 rings (SSSR count). The lowest BCUT2D eigenvalue weighted by Crippen LogP contribution is -2.31. The molecular formula is C13H21ClN2. The first-order chi connectivity index (χ1) is 7.76. The Morgan fingerprint density at radius 3 is 2.44 bits per heavy atom. The minimum atomic E-state index is 0.806. The van der Waals surface area contributed by atoms with E-state index in [0.717, 1.165) is 31.2 Å². The topological polar surface area (TPSA) is 15.3 Å². The van der Waals surface area contributed by atoms with Gasteiger partial charge >= 0.3 is 0 Å². The Morgan fingerprint density at radius 1 is 1.19 bits per heavy atom. The van der Waals surface area contributed by atoms with Crippen LogP contribution in [0.1, 0.15) is 18.9 Å².